The van der Waals surface area contributed by atoms with Gasteiger partial charge in [0, 0.05) is 6.20 Å². The van der Waals surface area contributed by atoms with Crippen LogP contribution in [-0.2, 0) is 10.0 Å². The number of sulfonamides is 1. The number of carboxylic acid groups (broad SMARTS) is 1. The van der Waals surface area contributed by atoms with E-state index >= 15 is 0 Å². The predicted molar refractivity (Wildman–Crippen MR) is 73.2 cm³/mol. The van der Waals surface area contributed by atoms with Crippen LogP contribution in [-0.4, -0.2) is 24.5 Å². The van der Waals surface area contributed by atoms with Gasteiger partial charge in [0.25, 0.3) is 10.0 Å². The summed E-state index contributed by atoms with van der Waals surface area (Å²) < 4.78 is 26.7. The number of pyridine rings is 1. The van der Waals surface area contributed by atoms with Crippen LogP contribution in [0.15, 0.2) is 47.5 Å². The average Bonchev–Trinajstić information content (AvgIpc) is 2.38. The van der Waals surface area contributed by atoms with Gasteiger partial charge in [-0.25, -0.2) is 18.2 Å². The van der Waals surface area contributed by atoms with Crippen molar-refractivity contribution < 1.29 is 18.3 Å². The van der Waals surface area contributed by atoms with Gasteiger partial charge in [0.1, 0.15) is 5.82 Å². The maximum absolute atomic E-state index is 12.2. The van der Waals surface area contributed by atoms with E-state index in [-0.39, 0.29) is 16.3 Å². The van der Waals surface area contributed by atoms with E-state index in [9.17, 15) is 13.2 Å². The molecule has 0 aliphatic carbocycles. The Balaban J connectivity index is 2.36. The Bertz CT molecular complexity index is 756. The summed E-state index contributed by atoms with van der Waals surface area (Å²) in [5.74, 6) is -1.18. The van der Waals surface area contributed by atoms with Crippen LogP contribution >= 0.6 is 0 Å². The molecular formula is C13H12N2O4S. The fourth-order valence-corrected chi connectivity index (χ4v) is 2.92. The van der Waals surface area contributed by atoms with Gasteiger partial charge in [0.2, 0.25) is 0 Å². The molecular weight excluding hydrogens is 280 g/mol. The Morgan fingerprint density at radius 1 is 1.25 bits per heavy atom. The second kappa shape index (κ2) is 5.30. The van der Waals surface area contributed by atoms with Crippen LogP contribution in [0.2, 0.25) is 0 Å². The fraction of sp³-hybridized carbons (Fsp3) is 0.0769. The molecule has 6 nitrogen and oxygen atoms in total. The molecule has 0 spiro atoms. The minimum Gasteiger partial charge on any atom is -0.478 e. The van der Waals surface area contributed by atoms with Crippen LogP contribution in [0.5, 0.6) is 0 Å². The van der Waals surface area contributed by atoms with Crippen molar-refractivity contribution in [3.05, 3.63) is 53.7 Å². The molecule has 2 N–H and O–H groups in total. The highest BCUT2D eigenvalue weighted by Crippen LogP contribution is 2.18. The number of anilines is 1. The van der Waals surface area contributed by atoms with E-state index in [2.05, 4.69) is 9.71 Å². The van der Waals surface area contributed by atoms with Gasteiger partial charge in [0.05, 0.1) is 10.5 Å². The summed E-state index contributed by atoms with van der Waals surface area (Å²) in [7, 11) is -3.79. The largest absolute Gasteiger partial charge is 0.478 e. The molecule has 2 rings (SSSR count). The number of nitrogens with one attached hydrogen (secondary N) is 1. The summed E-state index contributed by atoms with van der Waals surface area (Å²) in [5.41, 5.74) is 0.553. The van der Waals surface area contributed by atoms with Crippen LogP contribution in [0.3, 0.4) is 0 Å². The van der Waals surface area contributed by atoms with Crippen molar-refractivity contribution in [1.82, 2.24) is 4.98 Å². The Morgan fingerprint density at radius 2 is 1.95 bits per heavy atom. The lowest BCUT2D eigenvalue weighted by atomic mass is 10.2. The van der Waals surface area contributed by atoms with E-state index in [1.54, 1.807) is 25.1 Å². The van der Waals surface area contributed by atoms with Gasteiger partial charge < -0.3 is 5.11 Å². The maximum Gasteiger partial charge on any atom is 0.335 e. The van der Waals surface area contributed by atoms with Crippen molar-refractivity contribution in [3.8, 4) is 0 Å². The zero-order valence-corrected chi connectivity index (χ0v) is 11.4. The van der Waals surface area contributed by atoms with E-state index in [4.69, 9.17) is 5.11 Å². The molecule has 0 amide bonds. The van der Waals surface area contributed by atoms with Gasteiger partial charge in [-0.2, -0.15) is 0 Å². The summed E-state index contributed by atoms with van der Waals surface area (Å²) in [4.78, 5) is 14.8. The number of nitrogens with zero attached hydrogens (tertiary/aromatic N) is 1. The number of hydrogen-bond donors (Lipinski definition) is 2. The topological polar surface area (TPSA) is 96.4 Å². The van der Waals surface area contributed by atoms with Gasteiger partial charge in [-0.1, -0.05) is 18.2 Å². The Kier molecular flexibility index (Phi) is 3.71. The predicted octanol–water partition coefficient (Wildman–Crippen LogP) is 1.89. The van der Waals surface area contributed by atoms with Crippen LogP contribution in [0.4, 0.5) is 5.82 Å². The third kappa shape index (κ3) is 2.94. The molecule has 0 aliphatic rings. The number of carboxylic acids is 1. The number of benzene rings is 1. The number of aryl methyl sites for hydroxylation is 1. The molecule has 0 saturated heterocycles. The second-order valence-corrected chi connectivity index (χ2v) is 5.76. The van der Waals surface area contributed by atoms with Gasteiger partial charge in [-0.3, -0.25) is 4.72 Å². The number of carbonyl (C=O) groups is 1. The molecule has 2 aromatic rings. The molecule has 0 radical (unpaired) electrons. The van der Waals surface area contributed by atoms with Crippen LogP contribution in [0, 0.1) is 6.92 Å². The monoisotopic (exact) mass is 292 g/mol. The molecule has 1 aromatic carbocycles. The third-order valence-electron chi connectivity index (χ3n) is 2.63. The highest BCUT2D eigenvalue weighted by molar-refractivity contribution is 7.92. The van der Waals surface area contributed by atoms with Crippen LogP contribution in [0.25, 0.3) is 0 Å². The summed E-state index contributed by atoms with van der Waals surface area (Å²) in [6.07, 6.45) is 1.24. The molecule has 104 valence electrons. The molecule has 0 saturated carbocycles. The third-order valence-corrected chi connectivity index (χ3v) is 4.14. The fourth-order valence-electron chi connectivity index (χ4n) is 1.67. The first-order chi connectivity index (χ1) is 9.40. The summed E-state index contributed by atoms with van der Waals surface area (Å²) in [5, 5.41) is 8.86. The molecule has 20 heavy (non-hydrogen) atoms. The molecule has 0 atom stereocenters. The minimum absolute atomic E-state index is 0.0341. The van der Waals surface area contributed by atoms with Crippen molar-refractivity contribution in [2.45, 2.75) is 11.8 Å². The van der Waals surface area contributed by atoms with E-state index < -0.39 is 16.0 Å². The van der Waals surface area contributed by atoms with Crippen LogP contribution < -0.4 is 4.72 Å². The summed E-state index contributed by atoms with van der Waals surface area (Å²) in [6, 6.07) is 8.95. The molecule has 1 aromatic heterocycles. The lowest BCUT2D eigenvalue weighted by molar-refractivity contribution is 0.0697. The number of rotatable bonds is 4. The Labute approximate surface area is 116 Å². The van der Waals surface area contributed by atoms with E-state index in [0.29, 0.717) is 5.56 Å². The van der Waals surface area contributed by atoms with Gasteiger partial charge in [-0.05, 0) is 30.7 Å². The van der Waals surface area contributed by atoms with Crippen molar-refractivity contribution in [3.63, 3.8) is 0 Å². The zero-order chi connectivity index (χ0) is 14.8. The SMILES string of the molecule is Cc1ccccc1S(=O)(=O)Nc1cc(C(=O)O)ccn1. The molecule has 0 unspecified atom stereocenters. The smallest absolute Gasteiger partial charge is 0.335 e. The first-order valence-electron chi connectivity index (χ1n) is 5.68. The van der Waals surface area contributed by atoms with Gasteiger partial charge in [0.15, 0.2) is 0 Å². The van der Waals surface area contributed by atoms with Crippen molar-refractivity contribution in [1.29, 1.82) is 0 Å². The number of aromatic carboxylic acids is 1. The molecule has 0 fully saturated rings. The summed E-state index contributed by atoms with van der Waals surface area (Å²) in [6.45, 7) is 1.68. The van der Waals surface area contributed by atoms with E-state index in [1.807, 2.05) is 0 Å². The van der Waals surface area contributed by atoms with Crippen molar-refractivity contribution in [2.24, 2.45) is 0 Å². The quantitative estimate of drug-likeness (QED) is 0.897. The second-order valence-electron chi connectivity index (χ2n) is 4.11. The first kappa shape index (κ1) is 14.0. The maximum atomic E-state index is 12.2. The normalized spacial score (nSPS) is 11.1. The van der Waals surface area contributed by atoms with Crippen LogP contribution in [0.1, 0.15) is 15.9 Å². The first-order valence-corrected chi connectivity index (χ1v) is 7.16. The van der Waals surface area contributed by atoms with Gasteiger partial charge >= 0.3 is 5.97 Å². The summed E-state index contributed by atoms with van der Waals surface area (Å²) >= 11 is 0. The Hall–Kier alpha value is -2.41. The lowest BCUT2D eigenvalue weighted by Crippen LogP contribution is -2.15. The van der Waals surface area contributed by atoms with E-state index in [1.165, 1.54) is 18.3 Å². The molecule has 1 heterocycles. The molecule has 0 bridgehead atoms. The average molecular weight is 292 g/mol. The minimum atomic E-state index is -3.79. The number of hydrogen-bond acceptors (Lipinski definition) is 4. The highest BCUT2D eigenvalue weighted by Gasteiger charge is 2.17. The van der Waals surface area contributed by atoms with E-state index in [0.717, 1.165) is 6.07 Å². The van der Waals surface area contributed by atoms with Crippen molar-refractivity contribution >= 4 is 21.8 Å². The molecule has 7 heteroatoms. The highest BCUT2D eigenvalue weighted by atomic mass is 32.2. The zero-order valence-electron chi connectivity index (χ0n) is 10.6. The standard InChI is InChI=1S/C13H12N2O4S/c1-9-4-2-3-5-11(9)20(18,19)15-12-8-10(13(16)17)6-7-14-12/h2-8H,1H3,(H,14,15)(H,16,17). The number of aromatic nitrogens is 1. The molecule has 0 aliphatic heterocycles. The van der Waals surface area contributed by atoms with Gasteiger partial charge in [-0.15, -0.1) is 0 Å². The lowest BCUT2D eigenvalue weighted by Gasteiger charge is -2.09. The van der Waals surface area contributed by atoms with Crippen molar-refractivity contribution in [2.75, 3.05) is 4.72 Å². The Morgan fingerprint density at radius 3 is 2.60 bits per heavy atom.